The van der Waals surface area contributed by atoms with Crippen LogP contribution in [-0.2, 0) is 11.3 Å². The molecule has 0 N–H and O–H groups in total. The smallest absolute Gasteiger partial charge is 0.410 e. The second-order valence-corrected chi connectivity index (χ2v) is 9.60. The third-order valence-electron chi connectivity index (χ3n) is 5.57. The highest BCUT2D eigenvalue weighted by atomic mass is 35.5. The Kier molecular flexibility index (Phi) is 6.60. The number of likely N-dealkylation sites (tertiary alicyclic amines) is 1. The lowest BCUT2D eigenvalue weighted by Crippen LogP contribution is -2.48. The third kappa shape index (κ3) is 5.18. The Bertz CT molecular complexity index is 1090. The first-order valence-corrected chi connectivity index (χ1v) is 11.5. The lowest BCUT2D eigenvalue weighted by molar-refractivity contribution is 0.00290. The van der Waals surface area contributed by atoms with Crippen molar-refractivity contribution in [2.75, 3.05) is 13.2 Å². The monoisotopic (exact) mass is 455 g/mol. The molecule has 1 amide bonds. The third-order valence-corrected chi connectivity index (χ3v) is 5.93. The lowest BCUT2D eigenvalue weighted by Gasteiger charge is -2.36. The summed E-state index contributed by atoms with van der Waals surface area (Å²) in [6.45, 7) is 7.26. The fraction of sp³-hybridized carbons (Fsp3) is 0.440. The maximum Gasteiger partial charge on any atom is 0.410 e. The van der Waals surface area contributed by atoms with Gasteiger partial charge in [-0.05, 0) is 63.8 Å². The van der Waals surface area contributed by atoms with Crippen molar-refractivity contribution in [3.05, 3.63) is 59.1 Å². The van der Waals surface area contributed by atoms with Gasteiger partial charge >= 0.3 is 6.09 Å². The van der Waals surface area contributed by atoms with E-state index in [2.05, 4.69) is 0 Å². The van der Waals surface area contributed by atoms with E-state index < -0.39 is 5.60 Å². The molecule has 1 aliphatic heterocycles. The summed E-state index contributed by atoms with van der Waals surface area (Å²) in [5, 5.41) is 0.708. The molecule has 170 valence electrons. The first-order valence-electron chi connectivity index (χ1n) is 11.1. The van der Waals surface area contributed by atoms with Crippen LogP contribution < -0.4 is 4.74 Å². The van der Waals surface area contributed by atoms with Crippen molar-refractivity contribution in [3.63, 3.8) is 0 Å². The zero-order valence-corrected chi connectivity index (χ0v) is 19.6. The number of aromatic nitrogens is 2. The number of fused-ring (bicyclic) bond motifs is 1. The summed E-state index contributed by atoms with van der Waals surface area (Å²) >= 11 is 6.42. The van der Waals surface area contributed by atoms with Gasteiger partial charge in [-0.1, -0.05) is 41.9 Å². The van der Waals surface area contributed by atoms with Crippen LogP contribution in [0.25, 0.3) is 11.0 Å². The Balaban J connectivity index is 1.56. The molecule has 1 fully saturated rings. The summed E-state index contributed by atoms with van der Waals surface area (Å²) in [7, 11) is 0. The van der Waals surface area contributed by atoms with Crippen LogP contribution >= 0.6 is 11.6 Å². The van der Waals surface area contributed by atoms with E-state index in [1.165, 1.54) is 0 Å². The van der Waals surface area contributed by atoms with Gasteiger partial charge in [0, 0.05) is 11.6 Å². The van der Waals surface area contributed by atoms with Gasteiger partial charge in [0.15, 0.2) is 0 Å². The minimum atomic E-state index is -0.525. The fourth-order valence-electron chi connectivity index (χ4n) is 4.02. The molecule has 2 aromatic carbocycles. The number of amides is 1. The van der Waals surface area contributed by atoms with Gasteiger partial charge < -0.3 is 14.4 Å². The molecule has 1 aromatic heterocycles. The van der Waals surface area contributed by atoms with E-state index in [1.54, 1.807) is 4.90 Å². The normalized spacial score (nSPS) is 16.9. The van der Waals surface area contributed by atoms with E-state index in [-0.39, 0.29) is 12.1 Å². The van der Waals surface area contributed by atoms with Crippen molar-refractivity contribution >= 4 is 28.7 Å². The van der Waals surface area contributed by atoms with Crippen molar-refractivity contribution in [3.8, 4) is 6.01 Å². The maximum absolute atomic E-state index is 12.7. The van der Waals surface area contributed by atoms with Crippen LogP contribution in [-0.4, -0.2) is 45.3 Å². The van der Waals surface area contributed by atoms with Gasteiger partial charge in [0.1, 0.15) is 12.2 Å². The maximum atomic E-state index is 12.7. The van der Waals surface area contributed by atoms with Crippen molar-refractivity contribution in [2.24, 2.45) is 0 Å². The number of hydrogen-bond donors (Lipinski definition) is 0. The van der Waals surface area contributed by atoms with Gasteiger partial charge in [-0.2, -0.15) is 4.98 Å². The van der Waals surface area contributed by atoms with Crippen molar-refractivity contribution < 1.29 is 14.3 Å². The fourth-order valence-corrected chi connectivity index (χ4v) is 4.21. The van der Waals surface area contributed by atoms with Crippen molar-refractivity contribution in [2.45, 2.75) is 58.2 Å². The predicted octanol–water partition coefficient (Wildman–Crippen LogP) is 5.91. The average molecular weight is 456 g/mol. The Morgan fingerprint density at radius 1 is 1.12 bits per heavy atom. The summed E-state index contributed by atoms with van der Waals surface area (Å²) in [5.41, 5.74) is 2.32. The van der Waals surface area contributed by atoms with E-state index >= 15 is 0 Å². The summed E-state index contributed by atoms with van der Waals surface area (Å²) in [6, 6.07) is 16.2. The van der Waals surface area contributed by atoms with Gasteiger partial charge in [-0.3, -0.25) is 4.57 Å². The van der Waals surface area contributed by atoms with E-state index in [0.29, 0.717) is 30.7 Å². The molecule has 32 heavy (non-hydrogen) atoms. The van der Waals surface area contributed by atoms with Crippen LogP contribution in [0.3, 0.4) is 0 Å². The minimum absolute atomic E-state index is 0.0489. The molecule has 1 saturated heterocycles. The molecule has 0 aliphatic carbocycles. The van der Waals surface area contributed by atoms with Crippen LogP contribution in [0, 0.1) is 0 Å². The molecule has 3 aromatic rings. The minimum Gasteiger partial charge on any atom is -0.462 e. The van der Waals surface area contributed by atoms with Gasteiger partial charge in [-0.15, -0.1) is 0 Å². The summed E-state index contributed by atoms with van der Waals surface area (Å²) in [4.78, 5) is 19.3. The van der Waals surface area contributed by atoms with Crippen LogP contribution in [0.2, 0.25) is 5.02 Å². The number of ether oxygens (including phenoxy) is 2. The zero-order valence-electron chi connectivity index (χ0n) is 18.9. The lowest BCUT2D eigenvalue weighted by atomic mass is 10.0. The number of imidazole rings is 1. The number of halogens is 1. The number of carbonyl (C=O) groups excluding carboxylic acids is 1. The van der Waals surface area contributed by atoms with Gasteiger partial charge in [0.25, 0.3) is 6.01 Å². The molecule has 0 bridgehead atoms. The van der Waals surface area contributed by atoms with Gasteiger partial charge in [0.05, 0.1) is 23.6 Å². The second-order valence-electron chi connectivity index (χ2n) is 9.19. The molecule has 7 heteroatoms. The van der Waals surface area contributed by atoms with E-state index in [4.69, 9.17) is 26.1 Å². The molecule has 4 rings (SSSR count). The molecule has 2 heterocycles. The SMILES string of the molecule is CC(C)(C)OC(=O)N1CCCC[C@@H]1COc1nc2ccccc2n1Cc1ccccc1Cl. The van der Waals surface area contributed by atoms with E-state index in [9.17, 15) is 4.79 Å². The molecule has 1 aliphatic rings. The van der Waals surface area contributed by atoms with Gasteiger partial charge in [0.2, 0.25) is 0 Å². The first kappa shape index (κ1) is 22.5. The number of nitrogens with zero attached hydrogens (tertiary/aromatic N) is 3. The Labute approximate surface area is 194 Å². The number of rotatable bonds is 5. The summed E-state index contributed by atoms with van der Waals surface area (Å²) < 4.78 is 13.9. The van der Waals surface area contributed by atoms with Crippen LogP contribution in [0.4, 0.5) is 4.79 Å². The van der Waals surface area contributed by atoms with Crippen LogP contribution in [0.15, 0.2) is 48.5 Å². The molecular weight excluding hydrogens is 426 g/mol. The van der Waals surface area contributed by atoms with Crippen molar-refractivity contribution in [1.29, 1.82) is 0 Å². The highest BCUT2D eigenvalue weighted by molar-refractivity contribution is 6.31. The topological polar surface area (TPSA) is 56.6 Å². The number of benzene rings is 2. The number of para-hydroxylation sites is 2. The van der Waals surface area contributed by atoms with Crippen molar-refractivity contribution in [1.82, 2.24) is 14.5 Å². The second kappa shape index (κ2) is 9.41. The molecule has 1 atom stereocenters. The zero-order chi connectivity index (χ0) is 22.7. The van der Waals surface area contributed by atoms with Crippen LogP contribution in [0.5, 0.6) is 6.01 Å². The Morgan fingerprint density at radius 2 is 1.88 bits per heavy atom. The Hall–Kier alpha value is -2.73. The number of hydrogen-bond acceptors (Lipinski definition) is 4. The molecule has 0 saturated carbocycles. The standard InChI is InChI=1S/C25H30ClN3O3/c1-25(2,3)32-24(30)28-15-9-8-11-19(28)17-31-23-27-21-13-6-7-14-22(21)29(23)16-18-10-4-5-12-20(18)26/h4-7,10,12-14,19H,8-9,11,15-17H2,1-3H3/t19-/m1/s1. The molecule has 6 nitrogen and oxygen atoms in total. The molecule has 0 unspecified atom stereocenters. The largest absolute Gasteiger partial charge is 0.462 e. The quantitative estimate of drug-likeness (QED) is 0.480. The van der Waals surface area contributed by atoms with E-state index in [1.807, 2.05) is 73.9 Å². The summed E-state index contributed by atoms with van der Waals surface area (Å²) in [6.07, 6.45) is 2.63. The Morgan fingerprint density at radius 3 is 2.66 bits per heavy atom. The number of carbonyl (C=O) groups is 1. The first-order chi connectivity index (χ1) is 15.3. The predicted molar refractivity (Wildman–Crippen MR) is 126 cm³/mol. The number of piperidine rings is 1. The van der Waals surface area contributed by atoms with Gasteiger partial charge in [-0.25, -0.2) is 4.79 Å². The average Bonchev–Trinajstić information content (AvgIpc) is 3.10. The van der Waals surface area contributed by atoms with E-state index in [0.717, 1.165) is 35.9 Å². The molecule has 0 radical (unpaired) electrons. The highest BCUT2D eigenvalue weighted by Gasteiger charge is 2.31. The summed E-state index contributed by atoms with van der Waals surface area (Å²) in [5.74, 6) is 0. The highest BCUT2D eigenvalue weighted by Crippen LogP contribution is 2.27. The molecule has 0 spiro atoms. The van der Waals surface area contributed by atoms with Crippen LogP contribution in [0.1, 0.15) is 45.6 Å². The molecular formula is C25H30ClN3O3.